The van der Waals surface area contributed by atoms with Crippen LogP contribution in [0.1, 0.15) is 17.3 Å². The van der Waals surface area contributed by atoms with Crippen LogP contribution in [0.15, 0.2) is 54.6 Å². The molecule has 0 aliphatic heterocycles. The molecule has 0 saturated heterocycles. The predicted octanol–water partition coefficient (Wildman–Crippen LogP) is 3.12. The molecular formula is C20H20N4O2S. The number of pyridine rings is 1. The fourth-order valence-electron chi connectivity index (χ4n) is 2.77. The van der Waals surface area contributed by atoms with E-state index in [4.69, 9.17) is 27.7 Å². The standard InChI is InChI=1S/C20H20N4O2S/c1-3-24(20(21)27)23-19(25)16-12-18(13-7-6-8-14(11-13)26-2)22-17-10-5-4-9-15(16)17/h4-12H,3H2,1-2H3,(H2,21,27)(H,23,25). The van der Waals surface area contributed by atoms with Crippen molar-refractivity contribution in [3.63, 3.8) is 0 Å². The molecule has 138 valence electrons. The van der Waals surface area contributed by atoms with Gasteiger partial charge in [-0.1, -0.05) is 30.3 Å². The van der Waals surface area contributed by atoms with Gasteiger partial charge in [-0.2, -0.15) is 0 Å². The number of carbonyl (C=O) groups excluding carboxylic acids is 1. The van der Waals surface area contributed by atoms with E-state index in [0.29, 0.717) is 17.8 Å². The summed E-state index contributed by atoms with van der Waals surface area (Å²) in [5.41, 5.74) is 11.2. The van der Waals surface area contributed by atoms with E-state index in [-0.39, 0.29) is 11.0 Å². The Kier molecular flexibility index (Phi) is 5.52. The number of hydrogen-bond acceptors (Lipinski definition) is 4. The largest absolute Gasteiger partial charge is 0.497 e. The quantitative estimate of drug-likeness (QED) is 0.535. The molecule has 1 aromatic heterocycles. The van der Waals surface area contributed by atoms with Crippen LogP contribution in [-0.2, 0) is 0 Å². The van der Waals surface area contributed by atoms with Crippen molar-refractivity contribution in [1.29, 1.82) is 0 Å². The van der Waals surface area contributed by atoms with Crippen LogP contribution >= 0.6 is 12.2 Å². The van der Waals surface area contributed by atoms with E-state index in [1.807, 2.05) is 55.5 Å². The molecule has 0 fully saturated rings. The third kappa shape index (κ3) is 3.98. The highest BCUT2D eigenvalue weighted by Crippen LogP contribution is 2.27. The summed E-state index contributed by atoms with van der Waals surface area (Å²) in [5, 5.41) is 2.29. The molecule has 2 aromatic carbocycles. The summed E-state index contributed by atoms with van der Waals surface area (Å²) in [6.45, 7) is 2.32. The van der Waals surface area contributed by atoms with Crippen LogP contribution in [0.3, 0.4) is 0 Å². The molecule has 0 radical (unpaired) electrons. The summed E-state index contributed by atoms with van der Waals surface area (Å²) >= 11 is 4.97. The van der Waals surface area contributed by atoms with Gasteiger partial charge < -0.3 is 10.5 Å². The van der Waals surface area contributed by atoms with Crippen molar-refractivity contribution in [2.75, 3.05) is 13.7 Å². The Labute approximate surface area is 162 Å². The minimum Gasteiger partial charge on any atom is -0.497 e. The van der Waals surface area contributed by atoms with Crippen LogP contribution in [0.5, 0.6) is 5.75 Å². The van der Waals surface area contributed by atoms with Gasteiger partial charge >= 0.3 is 0 Å². The van der Waals surface area contributed by atoms with Crippen molar-refractivity contribution in [1.82, 2.24) is 15.4 Å². The number of nitrogens with two attached hydrogens (primary N) is 1. The Morgan fingerprint density at radius 3 is 2.70 bits per heavy atom. The van der Waals surface area contributed by atoms with Gasteiger partial charge in [0.1, 0.15) is 5.75 Å². The first kappa shape index (κ1) is 18.6. The Hall–Kier alpha value is -3.19. The molecule has 0 bridgehead atoms. The number of aromatic nitrogens is 1. The number of nitrogens with zero attached hydrogens (tertiary/aromatic N) is 2. The first-order chi connectivity index (χ1) is 13.0. The molecule has 0 saturated carbocycles. The lowest BCUT2D eigenvalue weighted by Crippen LogP contribution is -2.48. The molecule has 0 atom stereocenters. The molecule has 6 nitrogen and oxygen atoms in total. The zero-order valence-electron chi connectivity index (χ0n) is 15.1. The maximum Gasteiger partial charge on any atom is 0.270 e. The molecule has 0 aliphatic carbocycles. The number of thiocarbonyl (C=S) groups is 1. The first-order valence-corrected chi connectivity index (χ1v) is 8.86. The van der Waals surface area contributed by atoms with Crippen molar-refractivity contribution in [2.45, 2.75) is 6.92 Å². The monoisotopic (exact) mass is 380 g/mol. The highest BCUT2D eigenvalue weighted by molar-refractivity contribution is 7.80. The van der Waals surface area contributed by atoms with Crippen molar-refractivity contribution in [3.8, 4) is 17.0 Å². The number of fused-ring (bicyclic) bond motifs is 1. The number of ether oxygens (including phenoxy) is 1. The Balaban J connectivity index is 2.10. The number of nitrogens with one attached hydrogen (secondary N) is 1. The Bertz CT molecular complexity index is 1010. The van der Waals surface area contributed by atoms with Crippen LogP contribution in [0.25, 0.3) is 22.2 Å². The number of rotatable bonds is 4. The van der Waals surface area contributed by atoms with Crippen molar-refractivity contribution >= 4 is 34.1 Å². The summed E-state index contributed by atoms with van der Waals surface area (Å²) in [6, 6.07) is 16.8. The van der Waals surface area contributed by atoms with Gasteiger partial charge in [0.05, 0.1) is 23.9 Å². The SMILES string of the molecule is CCN(NC(=O)c1cc(-c2cccc(OC)c2)nc2ccccc12)C(N)=S. The van der Waals surface area contributed by atoms with Gasteiger partial charge in [-0.15, -0.1) is 0 Å². The van der Waals surface area contributed by atoms with Gasteiger partial charge in [0, 0.05) is 17.5 Å². The number of carbonyl (C=O) groups is 1. The van der Waals surface area contributed by atoms with Crippen molar-refractivity contribution < 1.29 is 9.53 Å². The summed E-state index contributed by atoms with van der Waals surface area (Å²) in [6.07, 6.45) is 0. The van der Waals surface area contributed by atoms with Crippen molar-refractivity contribution in [3.05, 3.63) is 60.2 Å². The smallest absolute Gasteiger partial charge is 0.270 e. The van der Waals surface area contributed by atoms with Crippen LogP contribution < -0.4 is 15.9 Å². The predicted molar refractivity (Wildman–Crippen MR) is 110 cm³/mol. The maximum absolute atomic E-state index is 12.9. The van der Waals surface area contributed by atoms with E-state index in [2.05, 4.69) is 5.43 Å². The number of amides is 1. The highest BCUT2D eigenvalue weighted by atomic mass is 32.1. The average Bonchev–Trinajstić information content (AvgIpc) is 2.70. The number of benzene rings is 2. The van der Waals surface area contributed by atoms with Gasteiger partial charge in [0.25, 0.3) is 5.91 Å². The van der Waals surface area contributed by atoms with Crippen LogP contribution in [0.4, 0.5) is 0 Å². The van der Waals surface area contributed by atoms with Crippen LogP contribution in [-0.4, -0.2) is 34.7 Å². The molecule has 27 heavy (non-hydrogen) atoms. The number of hydrazine groups is 1. The van der Waals surface area contributed by atoms with E-state index in [1.165, 1.54) is 5.01 Å². The van der Waals surface area contributed by atoms with E-state index in [9.17, 15) is 4.79 Å². The lowest BCUT2D eigenvalue weighted by molar-refractivity contribution is 0.0876. The third-order valence-corrected chi connectivity index (χ3v) is 4.37. The number of hydrogen-bond donors (Lipinski definition) is 2. The van der Waals surface area contributed by atoms with Crippen LogP contribution in [0.2, 0.25) is 0 Å². The Morgan fingerprint density at radius 1 is 1.22 bits per heavy atom. The van der Waals surface area contributed by atoms with Gasteiger partial charge in [0.2, 0.25) is 0 Å². The molecule has 1 amide bonds. The molecule has 3 aromatic rings. The van der Waals surface area contributed by atoms with Gasteiger partial charge in [-0.05, 0) is 43.4 Å². The zero-order chi connectivity index (χ0) is 19.4. The highest BCUT2D eigenvalue weighted by Gasteiger charge is 2.16. The van der Waals surface area contributed by atoms with E-state index in [1.54, 1.807) is 13.2 Å². The minimum atomic E-state index is -0.299. The number of para-hydroxylation sites is 1. The number of methoxy groups -OCH3 is 1. The Morgan fingerprint density at radius 2 is 2.00 bits per heavy atom. The zero-order valence-corrected chi connectivity index (χ0v) is 15.9. The van der Waals surface area contributed by atoms with Gasteiger partial charge in [-0.3, -0.25) is 15.2 Å². The maximum atomic E-state index is 12.9. The van der Waals surface area contributed by atoms with E-state index < -0.39 is 0 Å². The molecule has 7 heteroatoms. The summed E-state index contributed by atoms with van der Waals surface area (Å²) in [5.74, 6) is 0.423. The van der Waals surface area contributed by atoms with Crippen LogP contribution in [0, 0.1) is 0 Å². The van der Waals surface area contributed by atoms with E-state index in [0.717, 1.165) is 22.2 Å². The fraction of sp³-hybridized carbons (Fsp3) is 0.150. The first-order valence-electron chi connectivity index (χ1n) is 8.45. The molecule has 0 aliphatic rings. The second-order valence-corrected chi connectivity index (χ2v) is 6.25. The molecular weight excluding hydrogens is 360 g/mol. The molecule has 1 heterocycles. The minimum absolute atomic E-state index is 0.109. The molecule has 0 spiro atoms. The topological polar surface area (TPSA) is 80.5 Å². The molecule has 3 rings (SSSR count). The van der Waals surface area contributed by atoms with Gasteiger partial charge in [-0.25, -0.2) is 4.98 Å². The lowest BCUT2D eigenvalue weighted by Gasteiger charge is -2.22. The lowest BCUT2D eigenvalue weighted by atomic mass is 10.0. The summed E-state index contributed by atoms with van der Waals surface area (Å²) in [7, 11) is 1.61. The van der Waals surface area contributed by atoms with Gasteiger partial charge in [0.15, 0.2) is 5.11 Å². The van der Waals surface area contributed by atoms with Crippen molar-refractivity contribution in [2.24, 2.45) is 5.73 Å². The third-order valence-electron chi connectivity index (χ3n) is 4.15. The normalized spacial score (nSPS) is 10.4. The second-order valence-electron chi connectivity index (χ2n) is 5.83. The molecule has 3 N–H and O–H groups in total. The summed E-state index contributed by atoms with van der Waals surface area (Å²) in [4.78, 5) is 17.6. The summed E-state index contributed by atoms with van der Waals surface area (Å²) < 4.78 is 5.29. The average molecular weight is 380 g/mol. The van der Waals surface area contributed by atoms with E-state index >= 15 is 0 Å². The molecule has 0 unspecified atom stereocenters. The second kappa shape index (κ2) is 8.01. The fourth-order valence-corrected chi connectivity index (χ4v) is 2.94.